The highest BCUT2D eigenvalue weighted by Gasteiger charge is 2.33. The lowest BCUT2D eigenvalue weighted by atomic mass is 10.1. The van der Waals surface area contributed by atoms with Crippen molar-refractivity contribution in [3.05, 3.63) is 0 Å². The molecule has 2 saturated heterocycles. The van der Waals surface area contributed by atoms with E-state index < -0.39 is 0 Å². The molecule has 2 aliphatic rings. The number of fused-ring (bicyclic) bond motifs is 2. The highest BCUT2D eigenvalue weighted by atomic mass is 15.3. The van der Waals surface area contributed by atoms with Gasteiger partial charge in [0.2, 0.25) is 0 Å². The standard InChI is InChI=1S/C9H18N2/c1-8(2)11-6-5-10-4-3-9(11)7-10/h8-9H,3-7H2,1-2H3/t9-/m0/s1. The molecular formula is C9H18N2. The fourth-order valence-corrected chi connectivity index (χ4v) is 2.41. The third kappa shape index (κ3) is 1.30. The smallest absolute Gasteiger partial charge is 0.0238 e. The number of rotatable bonds is 1. The fourth-order valence-electron chi connectivity index (χ4n) is 2.41. The van der Waals surface area contributed by atoms with Crippen LogP contribution in [0.1, 0.15) is 20.3 Å². The zero-order chi connectivity index (χ0) is 7.84. The van der Waals surface area contributed by atoms with Crippen molar-refractivity contribution in [3.63, 3.8) is 0 Å². The summed E-state index contributed by atoms with van der Waals surface area (Å²) >= 11 is 0. The molecule has 0 aromatic heterocycles. The predicted molar refractivity (Wildman–Crippen MR) is 46.7 cm³/mol. The molecule has 2 bridgehead atoms. The van der Waals surface area contributed by atoms with Crippen molar-refractivity contribution in [1.29, 1.82) is 0 Å². The summed E-state index contributed by atoms with van der Waals surface area (Å²) < 4.78 is 0. The van der Waals surface area contributed by atoms with Crippen LogP contribution in [0, 0.1) is 0 Å². The molecule has 0 radical (unpaired) electrons. The van der Waals surface area contributed by atoms with Crippen LogP contribution in [-0.4, -0.2) is 48.1 Å². The first-order valence-electron chi connectivity index (χ1n) is 4.75. The minimum absolute atomic E-state index is 0.750. The molecule has 1 unspecified atom stereocenters. The molecule has 2 fully saturated rings. The molecule has 2 nitrogen and oxygen atoms in total. The SMILES string of the molecule is CC(C)N1CCN2CC[C@H]1C2. The van der Waals surface area contributed by atoms with E-state index in [2.05, 4.69) is 23.6 Å². The van der Waals surface area contributed by atoms with Crippen molar-refractivity contribution in [2.45, 2.75) is 32.4 Å². The molecule has 2 rings (SSSR count). The molecule has 11 heavy (non-hydrogen) atoms. The van der Waals surface area contributed by atoms with E-state index in [9.17, 15) is 0 Å². The Morgan fingerprint density at radius 1 is 1.18 bits per heavy atom. The van der Waals surface area contributed by atoms with Gasteiger partial charge in [-0.05, 0) is 26.8 Å². The van der Waals surface area contributed by atoms with Gasteiger partial charge < -0.3 is 4.90 Å². The Balaban J connectivity index is 2.01. The van der Waals surface area contributed by atoms with E-state index in [1.807, 2.05) is 0 Å². The van der Waals surface area contributed by atoms with Crippen LogP contribution in [-0.2, 0) is 0 Å². The summed E-state index contributed by atoms with van der Waals surface area (Å²) in [6.07, 6.45) is 1.40. The Morgan fingerprint density at radius 2 is 2.00 bits per heavy atom. The highest BCUT2D eigenvalue weighted by molar-refractivity contribution is 4.89. The summed E-state index contributed by atoms with van der Waals surface area (Å²) in [7, 11) is 0. The van der Waals surface area contributed by atoms with Gasteiger partial charge in [-0.25, -0.2) is 0 Å². The lowest BCUT2D eigenvalue weighted by molar-refractivity contribution is 0.105. The predicted octanol–water partition coefficient (Wildman–Crippen LogP) is 0.785. The summed E-state index contributed by atoms with van der Waals surface area (Å²) in [5.41, 5.74) is 0. The van der Waals surface area contributed by atoms with Gasteiger partial charge in [-0.3, -0.25) is 4.90 Å². The van der Waals surface area contributed by atoms with Gasteiger partial charge in [0, 0.05) is 31.7 Å². The molecule has 0 spiro atoms. The Labute approximate surface area is 69.2 Å². The molecule has 2 heterocycles. The first kappa shape index (κ1) is 7.56. The van der Waals surface area contributed by atoms with E-state index in [0.717, 1.165) is 12.1 Å². The normalized spacial score (nSPS) is 38.5. The molecule has 2 heteroatoms. The summed E-state index contributed by atoms with van der Waals surface area (Å²) in [6.45, 7) is 9.89. The van der Waals surface area contributed by atoms with Crippen LogP contribution in [0.5, 0.6) is 0 Å². The lowest BCUT2D eigenvalue weighted by Gasteiger charge is -2.37. The summed E-state index contributed by atoms with van der Waals surface area (Å²) in [4.78, 5) is 5.24. The van der Waals surface area contributed by atoms with Gasteiger partial charge in [0.1, 0.15) is 0 Å². The van der Waals surface area contributed by atoms with Gasteiger partial charge in [-0.1, -0.05) is 0 Å². The number of hydrogen-bond donors (Lipinski definition) is 0. The zero-order valence-electron chi connectivity index (χ0n) is 7.58. The van der Waals surface area contributed by atoms with Gasteiger partial charge in [0.15, 0.2) is 0 Å². The first-order valence-corrected chi connectivity index (χ1v) is 4.75. The van der Waals surface area contributed by atoms with E-state index in [-0.39, 0.29) is 0 Å². The van der Waals surface area contributed by atoms with Crippen molar-refractivity contribution in [3.8, 4) is 0 Å². The maximum Gasteiger partial charge on any atom is 0.0238 e. The minimum atomic E-state index is 0.750. The minimum Gasteiger partial charge on any atom is -0.300 e. The van der Waals surface area contributed by atoms with Crippen LogP contribution >= 0.6 is 0 Å². The third-order valence-electron chi connectivity index (χ3n) is 3.05. The van der Waals surface area contributed by atoms with Gasteiger partial charge in [0.25, 0.3) is 0 Å². The average Bonchev–Trinajstić information content (AvgIpc) is 2.32. The van der Waals surface area contributed by atoms with Crippen LogP contribution in [0.2, 0.25) is 0 Å². The molecule has 0 aliphatic carbocycles. The van der Waals surface area contributed by atoms with Crippen molar-refractivity contribution >= 4 is 0 Å². The van der Waals surface area contributed by atoms with Crippen molar-refractivity contribution in [2.24, 2.45) is 0 Å². The molecular weight excluding hydrogens is 136 g/mol. The van der Waals surface area contributed by atoms with Crippen molar-refractivity contribution < 1.29 is 0 Å². The Morgan fingerprint density at radius 3 is 2.73 bits per heavy atom. The Kier molecular flexibility index (Phi) is 1.90. The monoisotopic (exact) mass is 154 g/mol. The van der Waals surface area contributed by atoms with E-state index in [4.69, 9.17) is 0 Å². The second-order valence-corrected chi connectivity index (χ2v) is 4.07. The van der Waals surface area contributed by atoms with Gasteiger partial charge in [0.05, 0.1) is 0 Å². The van der Waals surface area contributed by atoms with Crippen LogP contribution in [0.25, 0.3) is 0 Å². The molecule has 0 aromatic rings. The third-order valence-corrected chi connectivity index (χ3v) is 3.05. The summed E-state index contributed by atoms with van der Waals surface area (Å²) in [6, 6.07) is 1.63. The maximum atomic E-state index is 2.66. The number of hydrogen-bond acceptors (Lipinski definition) is 2. The van der Waals surface area contributed by atoms with E-state index >= 15 is 0 Å². The quantitative estimate of drug-likeness (QED) is 0.551. The fraction of sp³-hybridized carbons (Fsp3) is 1.00. The average molecular weight is 154 g/mol. The lowest BCUT2D eigenvalue weighted by Crippen LogP contribution is -2.49. The van der Waals surface area contributed by atoms with Crippen LogP contribution in [0.3, 0.4) is 0 Å². The second kappa shape index (κ2) is 2.76. The molecule has 0 aromatic carbocycles. The number of nitrogens with zero attached hydrogens (tertiary/aromatic N) is 2. The van der Waals surface area contributed by atoms with Crippen LogP contribution < -0.4 is 0 Å². The van der Waals surface area contributed by atoms with Gasteiger partial charge >= 0.3 is 0 Å². The summed E-state index contributed by atoms with van der Waals surface area (Å²) in [5.74, 6) is 0. The van der Waals surface area contributed by atoms with Gasteiger partial charge in [-0.2, -0.15) is 0 Å². The maximum absolute atomic E-state index is 2.66. The molecule has 64 valence electrons. The molecule has 0 saturated carbocycles. The molecule has 2 atom stereocenters. The van der Waals surface area contributed by atoms with Crippen LogP contribution in [0.15, 0.2) is 0 Å². The van der Waals surface area contributed by atoms with Crippen LogP contribution in [0.4, 0.5) is 0 Å². The Hall–Kier alpha value is -0.0800. The van der Waals surface area contributed by atoms with E-state index in [0.29, 0.717) is 0 Å². The molecule has 0 N–H and O–H groups in total. The summed E-state index contributed by atoms with van der Waals surface area (Å²) in [5, 5.41) is 0. The second-order valence-electron chi connectivity index (χ2n) is 4.07. The topological polar surface area (TPSA) is 6.48 Å². The molecule has 2 aliphatic heterocycles. The van der Waals surface area contributed by atoms with E-state index in [1.54, 1.807) is 0 Å². The molecule has 0 amide bonds. The Bertz CT molecular complexity index is 144. The van der Waals surface area contributed by atoms with E-state index in [1.165, 1.54) is 32.6 Å². The zero-order valence-corrected chi connectivity index (χ0v) is 7.58. The van der Waals surface area contributed by atoms with Gasteiger partial charge in [-0.15, -0.1) is 0 Å². The first-order chi connectivity index (χ1) is 5.27. The van der Waals surface area contributed by atoms with Crippen molar-refractivity contribution in [2.75, 3.05) is 26.2 Å². The number of piperazine rings is 1. The highest BCUT2D eigenvalue weighted by Crippen LogP contribution is 2.21. The van der Waals surface area contributed by atoms with Crippen molar-refractivity contribution in [1.82, 2.24) is 9.80 Å². The largest absolute Gasteiger partial charge is 0.300 e.